The van der Waals surface area contributed by atoms with Crippen LogP contribution in [0.25, 0.3) is 0 Å². The second kappa shape index (κ2) is 7.74. The summed E-state index contributed by atoms with van der Waals surface area (Å²) in [6, 6.07) is 9.14. The fraction of sp³-hybridized carbons (Fsp3) is 0.526. The summed E-state index contributed by atoms with van der Waals surface area (Å²) in [5, 5.41) is 2.17. The van der Waals surface area contributed by atoms with E-state index < -0.39 is 0 Å². The molecule has 0 saturated carbocycles. The third kappa shape index (κ3) is 3.86. The van der Waals surface area contributed by atoms with Gasteiger partial charge < -0.3 is 4.74 Å². The van der Waals surface area contributed by atoms with Crippen LogP contribution in [0.1, 0.15) is 23.3 Å². The molecule has 2 aromatic rings. The van der Waals surface area contributed by atoms with Crippen LogP contribution in [0.5, 0.6) is 0 Å². The minimum absolute atomic E-state index is 0.378. The number of thiophene rings is 1. The molecular weight excluding hydrogens is 318 g/mol. The Kier molecular flexibility index (Phi) is 5.23. The van der Waals surface area contributed by atoms with Gasteiger partial charge in [-0.2, -0.15) is 0 Å². The predicted molar refractivity (Wildman–Crippen MR) is 97.0 cm³/mol. The largest absolute Gasteiger partial charge is 0.375 e. The van der Waals surface area contributed by atoms with Gasteiger partial charge in [-0.25, -0.2) is 0 Å². The van der Waals surface area contributed by atoms with Crippen molar-refractivity contribution in [2.45, 2.75) is 38.1 Å². The quantitative estimate of drug-likeness (QED) is 0.853. The van der Waals surface area contributed by atoms with Crippen molar-refractivity contribution in [2.24, 2.45) is 0 Å². The van der Waals surface area contributed by atoms with E-state index in [2.05, 4.69) is 38.4 Å². The van der Waals surface area contributed by atoms with Crippen LogP contribution in [-0.4, -0.2) is 53.2 Å². The second-order valence-corrected chi connectivity index (χ2v) is 7.77. The van der Waals surface area contributed by atoms with E-state index >= 15 is 0 Å². The first-order valence-corrected chi connectivity index (χ1v) is 9.76. The molecule has 4 heterocycles. The molecule has 2 saturated heterocycles. The van der Waals surface area contributed by atoms with Crippen LogP contribution in [0.3, 0.4) is 0 Å². The lowest BCUT2D eigenvalue weighted by Crippen LogP contribution is -2.50. The zero-order valence-corrected chi connectivity index (χ0v) is 14.8. The number of nitrogens with zero attached hydrogens (tertiary/aromatic N) is 3. The van der Waals surface area contributed by atoms with Crippen molar-refractivity contribution in [3.8, 4) is 0 Å². The summed E-state index contributed by atoms with van der Waals surface area (Å²) in [6.45, 7) is 6.25. The van der Waals surface area contributed by atoms with E-state index in [0.29, 0.717) is 12.1 Å². The van der Waals surface area contributed by atoms with Crippen molar-refractivity contribution >= 4 is 11.3 Å². The summed E-state index contributed by atoms with van der Waals surface area (Å²) in [6.07, 6.45) is 6.55. The molecule has 0 amide bonds. The monoisotopic (exact) mass is 343 g/mol. The predicted octanol–water partition coefficient (Wildman–Crippen LogP) is 3.01. The lowest BCUT2D eigenvalue weighted by atomic mass is 10.0. The maximum Gasteiger partial charge on any atom is 0.0743 e. The number of rotatable bonds is 4. The average Bonchev–Trinajstić information content (AvgIpc) is 3.03. The molecule has 2 fully saturated rings. The summed E-state index contributed by atoms with van der Waals surface area (Å²) < 4.78 is 6.13. The van der Waals surface area contributed by atoms with E-state index in [-0.39, 0.29) is 0 Å². The zero-order chi connectivity index (χ0) is 16.2. The van der Waals surface area contributed by atoms with Gasteiger partial charge in [-0.05, 0) is 35.9 Å². The number of hydrogen-bond donors (Lipinski definition) is 0. The summed E-state index contributed by atoms with van der Waals surface area (Å²) in [5.74, 6) is 0. The molecule has 2 atom stereocenters. The molecule has 0 unspecified atom stereocenters. The van der Waals surface area contributed by atoms with E-state index in [1.165, 1.54) is 16.9 Å². The third-order valence-corrected chi connectivity index (χ3v) is 6.01. The highest BCUT2D eigenvalue weighted by Gasteiger charge is 2.34. The van der Waals surface area contributed by atoms with Gasteiger partial charge >= 0.3 is 0 Å². The number of likely N-dealkylation sites (tertiary alicyclic amines) is 1. The van der Waals surface area contributed by atoms with Gasteiger partial charge in [0.1, 0.15) is 0 Å². The van der Waals surface area contributed by atoms with Crippen molar-refractivity contribution in [3.05, 3.63) is 52.5 Å². The van der Waals surface area contributed by atoms with Gasteiger partial charge in [0.05, 0.1) is 12.7 Å². The van der Waals surface area contributed by atoms with E-state index in [1.807, 2.05) is 29.8 Å². The SMILES string of the molecule is c1cncc(CN2CCO[C@H]3CCN(Cc4cccs4)CC[C@@H]32)c1. The van der Waals surface area contributed by atoms with Crippen molar-refractivity contribution < 1.29 is 4.74 Å². The van der Waals surface area contributed by atoms with Gasteiger partial charge in [0.15, 0.2) is 0 Å². The van der Waals surface area contributed by atoms with Gasteiger partial charge in [0.25, 0.3) is 0 Å². The van der Waals surface area contributed by atoms with Crippen molar-refractivity contribution in [1.82, 2.24) is 14.8 Å². The molecule has 0 aromatic carbocycles. The maximum atomic E-state index is 6.13. The van der Waals surface area contributed by atoms with Crippen LogP contribution >= 0.6 is 11.3 Å². The van der Waals surface area contributed by atoms with Crippen LogP contribution in [0.4, 0.5) is 0 Å². The number of ether oxygens (including phenoxy) is 1. The zero-order valence-electron chi connectivity index (χ0n) is 14.0. The van der Waals surface area contributed by atoms with E-state index in [4.69, 9.17) is 4.74 Å². The number of pyridine rings is 1. The Hall–Kier alpha value is -1.27. The minimum atomic E-state index is 0.378. The second-order valence-electron chi connectivity index (χ2n) is 6.74. The maximum absolute atomic E-state index is 6.13. The molecule has 2 aromatic heterocycles. The Balaban J connectivity index is 1.40. The molecule has 4 rings (SSSR count). The highest BCUT2D eigenvalue weighted by Crippen LogP contribution is 2.26. The molecule has 128 valence electrons. The molecule has 0 spiro atoms. The highest BCUT2D eigenvalue weighted by atomic mass is 32.1. The van der Waals surface area contributed by atoms with Crippen molar-refractivity contribution in [1.29, 1.82) is 0 Å². The van der Waals surface area contributed by atoms with Crippen LogP contribution in [0.2, 0.25) is 0 Å². The molecule has 24 heavy (non-hydrogen) atoms. The van der Waals surface area contributed by atoms with Gasteiger partial charge in [-0.15, -0.1) is 11.3 Å². The Labute approximate surface area is 148 Å². The first kappa shape index (κ1) is 16.2. The average molecular weight is 343 g/mol. The standard InChI is InChI=1S/C19H25N3OS/c1-3-16(13-20-7-1)14-22-10-11-23-19-6-9-21(8-5-18(19)22)15-17-4-2-12-24-17/h1-4,7,12-13,18-19H,5-6,8-11,14-15H2/t18-,19-/m0/s1. The molecular formula is C19H25N3OS. The Bertz CT molecular complexity index is 619. The van der Waals surface area contributed by atoms with E-state index in [9.17, 15) is 0 Å². The summed E-state index contributed by atoms with van der Waals surface area (Å²) in [5.41, 5.74) is 1.30. The lowest BCUT2D eigenvalue weighted by Gasteiger charge is -2.40. The number of fused-ring (bicyclic) bond motifs is 1. The molecule has 5 heteroatoms. The Morgan fingerprint density at radius 3 is 2.92 bits per heavy atom. The lowest BCUT2D eigenvalue weighted by molar-refractivity contribution is -0.0747. The van der Waals surface area contributed by atoms with Gasteiger partial charge in [0.2, 0.25) is 0 Å². The summed E-state index contributed by atoms with van der Waals surface area (Å²) in [7, 11) is 0. The first-order chi connectivity index (χ1) is 11.9. The Morgan fingerprint density at radius 1 is 1.12 bits per heavy atom. The minimum Gasteiger partial charge on any atom is -0.375 e. The van der Waals surface area contributed by atoms with Crippen molar-refractivity contribution in [3.63, 3.8) is 0 Å². The first-order valence-electron chi connectivity index (χ1n) is 8.88. The fourth-order valence-corrected chi connectivity index (χ4v) is 4.66. The normalized spacial score (nSPS) is 26.0. The van der Waals surface area contributed by atoms with Crippen LogP contribution in [0, 0.1) is 0 Å². The van der Waals surface area contributed by atoms with E-state index in [1.54, 1.807) is 0 Å². The topological polar surface area (TPSA) is 28.6 Å². The highest BCUT2D eigenvalue weighted by molar-refractivity contribution is 7.09. The van der Waals surface area contributed by atoms with Crippen molar-refractivity contribution in [2.75, 3.05) is 26.2 Å². The smallest absolute Gasteiger partial charge is 0.0743 e. The van der Waals surface area contributed by atoms with E-state index in [0.717, 1.165) is 45.8 Å². The van der Waals surface area contributed by atoms with Crippen LogP contribution < -0.4 is 0 Å². The summed E-state index contributed by atoms with van der Waals surface area (Å²) >= 11 is 1.86. The molecule has 0 N–H and O–H groups in total. The third-order valence-electron chi connectivity index (χ3n) is 5.15. The molecule has 0 aliphatic carbocycles. The number of aromatic nitrogens is 1. The summed E-state index contributed by atoms with van der Waals surface area (Å²) in [4.78, 5) is 10.9. The van der Waals surface area contributed by atoms with Crippen LogP contribution in [0.15, 0.2) is 42.0 Å². The van der Waals surface area contributed by atoms with Gasteiger partial charge in [0, 0.05) is 56.0 Å². The molecule has 4 nitrogen and oxygen atoms in total. The fourth-order valence-electron chi connectivity index (χ4n) is 3.92. The molecule has 2 aliphatic rings. The number of hydrogen-bond acceptors (Lipinski definition) is 5. The molecule has 2 aliphatic heterocycles. The van der Waals surface area contributed by atoms with Gasteiger partial charge in [-0.3, -0.25) is 14.8 Å². The number of morpholine rings is 1. The Morgan fingerprint density at radius 2 is 2.08 bits per heavy atom. The van der Waals surface area contributed by atoms with Gasteiger partial charge in [-0.1, -0.05) is 12.1 Å². The molecule has 0 bridgehead atoms. The molecule has 0 radical (unpaired) electrons. The van der Waals surface area contributed by atoms with Crippen LogP contribution in [-0.2, 0) is 17.8 Å².